The lowest BCUT2D eigenvalue weighted by Gasteiger charge is -2.33. The van der Waals surface area contributed by atoms with Gasteiger partial charge in [0.2, 0.25) is 0 Å². The Balaban J connectivity index is 1.72. The standard InChI is InChI=1S/C23H31N5O2/c1-17-10-7-8-14-27(17)16-19-24-21-20(22(29)26(3)23(30)25(21)2)28(19)15-9-13-18-11-5-4-6-12-18/h4-6,11-12,17H,7-10,13-16H2,1-3H3/t17-/m1/s1. The molecule has 3 heterocycles. The fraction of sp³-hybridized carbons (Fsp3) is 0.522. The van der Waals surface area contributed by atoms with Gasteiger partial charge in [-0.05, 0) is 44.7 Å². The van der Waals surface area contributed by atoms with Crippen LogP contribution in [0.3, 0.4) is 0 Å². The van der Waals surface area contributed by atoms with E-state index in [9.17, 15) is 9.59 Å². The zero-order valence-electron chi connectivity index (χ0n) is 18.2. The van der Waals surface area contributed by atoms with Gasteiger partial charge in [0.15, 0.2) is 11.2 Å². The van der Waals surface area contributed by atoms with Crippen LogP contribution in [0.25, 0.3) is 11.2 Å². The summed E-state index contributed by atoms with van der Waals surface area (Å²) in [6.07, 6.45) is 5.49. The van der Waals surface area contributed by atoms with E-state index in [-0.39, 0.29) is 11.2 Å². The second kappa shape index (κ2) is 8.60. The second-order valence-electron chi connectivity index (χ2n) is 8.46. The normalized spacial score (nSPS) is 17.6. The molecule has 160 valence electrons. The number of fused-ring (bicyclic) bond motifs is 1. The first kappa shape index (κ1) is 20.6. The van der Waals surface area contributed by atoms with Crippen LogP contribution in [0.5, 0.6) is 0 Å². The van der Waals surface area contributed by atoms with Gasteiger partial charge in [-0.3, -0.25) is 18.8 Å². The fourth-order valence-corrected chi connectivity index (χ4v) is 4.51. The minimum Gasteiger partial charge on any atom is -0.321 e. The van der Waals surface area contributed by atoms with E-state index in [1.54, 1.807) is 7.05 Å². The second-order valence-corrected chi connectivity index (χ2v) is 8.46. The summed E-state index contributed by atoms with van der Waals surface area (Å²) < 4.78 is 4.74. The van der Waals surface area contributed by atoms with Gasteiger partial charge in [-0.15, -0.1) is 0 Å². The quantitative estimate of drug-likeness (QED) is 0.627. The molecule has 3 aromatic rings. The van der Waals surface area contributed by atoms with Crippen molar-refractivity contribution in [3.05, 3.63) is 62.6 Å². The van der Waals surface area contributed by atoms with Crippen molar-refractivity contribution in [2.45, 2.75) is 58.2 Å². The minimum absolute atomic E-state index is 0.266. The number of hydrogen-bond donors (Lipinski definition) is 0. The molecule has 4 rings (SSSR count). The maximum absolute atomic E-state index is 13.0. The number of likely N-dealkylation sites (tertiary alicyclic amines) is 1. The Kier molecular flexibility index (Phi) is 5.90. The van der Waals surface area contributed by atoms with Gasteiger partial charge >= 0.3 is 5.69 Å². The van der Waals surface area contributed by atoms with E-state index in [1.165, 1.54) is 41.0 Å². The fourth-order valence-electron chi connectivity index (χ4n) is 4.51. The first-order valence-corrected chi connectivity index (χ1v) is 10.9. The summed E-state index contributed by atoms with van der Waals surface area (Å²) >= 11 is 0. The maximum atomic E-state index is 13.0. The molecule has 1 aliphatic heterocycles. The summed E-state index contributed by atoms with van der Waals surface area (Å²) in [6.45, 7) is 4.72. The maximum Gasteiger partial charge on any atom is 0.332 e. The molecule has 0 N–H and O–H groups in total. The molecular formula is C23H31N5O2. The van der Waals surface area contributed by atoms with Crippen molar-refractivity contribution in [1.29, 1.82) is 0 Å². The van der Waals surface area contributed by atoms with Crippen LogP contribution in [-0.2, 0) is 33.6 Å². The summed E-state index contributed by atoms with van der Waals surface area (Å²) in [6, 6.07) is 10.9. The van der Waals surface area contributed by atoms with Crippen LogP contribution in [0.2, 0.25) is 0 Å². The monoisotopic (exact) mass is 409 g/mol. The predicted molar refractivity (Wildman–Crippen MR) is 119 cm³/mol. The van der Waals surface area contributed by atoms with E-state index in [0.717, 1.165) is 25.2 Å². The SMILES string of the molecule is C[C@@H]1CCCCN1Cc1nc2c(c(=O)n(C)c(=O)n2C)n1CCCc1ccccc1. The molecule has 1 atom stereocenters. The predicted octanol–water partition coefficient (Wildman–Crippen LogP) is 2.44. The van der Waals surface area contributed by atoms with Crippen molar-refractivity contribution in [3.63, 3.8) is 0 Å². The van der Waals surface area contributed by atoms with E-state index < -0.39 is 0 Å². The van der Waals surface area contributed by atoms with Crippen LogP contribution in [-0.4, -0.2) is 36.2 Å². The Morgan fingerprint density at radius 2 is 1.83 bits per heavy atom. The smallest absolute Gasteiger partial charge is 0.321 e. The van der Waals surface area contributed by atoms with Crippen molar-refractivity contribution >= 4 is 11.2 Å². The number of nitrogens with zero attached hydrogens (tertiary/aromatic N) is 5. The van der Waals surface area contributed by atoms with Crippen molar-refractivity contribution in [3.8, 4) is 0 Å². The molecule has 2 aromatic heterocycles. The van der Waals surface area contributed by atoms with Crippen LogP contribution in [0, 0.1) is 0 Å². The third kappa shape index (κ3) is 3.86. The lowest BCUT2D eigenvalue weighted by molar-refractivity contribution is 0.147. The van der Waals surface area contributed by atoms with Crippen molar-refractivity contribution in [1.82, 2.24) is 23.6 Å². The Morgan fingerprint density at radius 1 is 1.07 bits per heavy atom. The van der Waals surface area contributed by atoms with E-state index in [2.05, 4.69) is 40.7 Å². The van der Waals surface area contributed by atoms with Crippen molar-refractivity contribution < 1.29 is 0 Å². The molecule has 0 unspecified atom stereocenters. The first-order valence-electron chi connectivity index (χ1n) is 10.9. The largest absolute Gasteiger partial charge is 0.332 e. The molecule has 0 radical (unpaired) electrons. The lowest BCUT2D eigenvalue weighted by Crippen LogP contribution is -2.38. The Morgan fingerprint density at radius 3 is 2.57 bits per heavy atom. The van der Waals surface area contributed by atoms with Crippen molar-refractivity contribution in [2.24, 2.45) is 14.1 Å². The average molecular weight is 410 g/mol. The highest BCUT2D eigenvalue weighted by molar-refractivity contribution is 5.71. The number of rotatable bonds is 6. The molecule has 1 aromatic carbocycles. The Hall–Kier alpha value is -2.67. The van der Waals surface area contributed by atoms with Gasteiger partial charge in [-0.2, -0.15) is 0 Å². The van der Waals surface area contributed by atoms with Crippen LogP contribution < -0.4 is 11.2 Å². The van der Waals surface area contributed by atoms with Gasteiger partial charge in [0.05, 0.1) is 6.54 Å². The van der Waals surface area contributed by atoms with E-state index in [0.29, 0.717) is 30.3 Å². The Labute approximate surface area is 176 Å². The number of hydrogen-bond acceptors (Lipinski definition) is 4. The molecule has 0 saturated carbocycles. The van der Waals surface area contributed by atoms with Crippen LogP contribution in [0.15, 0.2) is 39.9 Å². The number of benzene rings is 1. The van der Waals surface area contributed by atoms with Crippen LogP contribution in [0.4, 0.5) is 0 Å². The zero-order chi connectivity index (χ0) is 21.3. The van der Waals surface area contributed by atoms with Crippen LogP contribution in [0.1, 0.15) is 44.0 Å². The first-order chi connectivity index (χ1) is 14.5. The van der Waals surface area contributed by atoms with E-state index >= 15 is 0 Å². The van der Waals surface area contributed by atoms with E-state index in [4.69, 9.17) is 4.98 Å². The van der Waals surface area contributed by atoms with Crippen LogP contribution >= 0.6 is 0 Å². The molecule has 0 aliphatic carbocycles. The van der Waals surface area contributed by atoms with Gasteiger partial charge in [0.1, 0.15) is 5.82 Å². The molecule has 0 spiro atoms. The van der Waals surface area contributed by atoms with Gasteiger partial charge in [0.25, 0.3) is 5.56 Å². The molecule has 1 fully saturated rings. The van der Waals surface area contributed by atoms with Gasteiger partial charge in [-0.25, -0.2) is 9.78 Å². The summed E-state index contributed by atoms with van der Waals surface area (Å²) in [7, 11) is 3.23. The minimum atomic E-state index is -0.334. The molecular weight excluding hydrogens is 378 g/mol. The third-order valence-corrected chi connectivity index (χ3v) is 6.40. The van der Waals surface area contributed by atoms with Gasteiger partial charge in [0, 0.05) is 26.7 Å². The highest BCUT2D eigenvalue weighted by Crippen LogP contribution is 2.21. The molecule has 0 bridgehead atoms. The summed E-state index contributed by atoms with van der Waals surface area (Å²) in [4.78, 5) is 32.7. The van der Waals surface area contributed by atoms with Crippen molar-refractivity contribution in [2.75, 3.05) is 6.54 Å². The summed E-state index contributed by atoms with van der Waals surface area (Å²) in [5, 5.41) is 0. The number of aryl methyl sites for hydroxylation is 3. The summed E-state index contributed by atoms with van der Waals surface area (Å²) in [5.41, 5.74) is 1.71. The zero-order valence-corrected chi connectivity index (χ0v) is 18.2. The average Bonchev–Trinajstić information content (AvgIpc) is 3.11. The third-order valence-electron chi connectivity index (χ3n) is 6.40. The topological polar surface area (TPSA) is 65.1 Å². The van der Waals surface area contributed by atoms with Gasteiger partial charge in [-0.1, -0.05) is 36.8 Å². The molecule has 1 saturated heterocycles. The lowest BCUT2D eigenvalue weighted by atomic mass is 10.0. The molecule has 7 heteroatoms. The number of piperidine rings is 1. The van der Waals surface area contributed by atoms with Gasteiger partial charge < -0.3 is 4.57 Å². The number of imidazole rings is 1. The molecule has 1 aliphatic rings. The molecule has 0 amide bonds. The molecule has 7 nitrogen and oxygen atoms in total. The highest BCUT2D eigenvalue weighted by atomic mass is 16.2. The Bertz CT molecular complexity index is 1140. The number of aromatic nitrogens is 4. The molecule has 30 heavy (non-hydrogen) atoms. The summed E-state index contributed by atoms with van der Waals surface area (Å²) in [5.74, 6) is 0.880. The highest BCUT2D eigenvalue weighted by Gasteiger charge is 2.24. The van der Waals surface area contributed by atoms with E-state index in [1.807, 2.05) is 6.07 Å².